The van der Waals surface area contributed by atoms with E-state index in [4.69, 9.17) is 4.74 Å². The maximum atomic E-state index is 13.5. The van der Waals surface area contributed by atoms with Gasteiger partial charge in [-0.15, -0.1) is 5.10 Å². The second-order valence-corrected chi connectivity index (χ2v) is 4.64. The van der Waals surface area contributed by atoms with E-state index in [1.54, 1.807) is 30.0 Å². The number of rotatable bonds is 4. The SMILES string of the molecule is COc1ccccc1-n1nnc(CO)c1-c1cccc(F)c1. The van der Waals surface area contributed by atoms with Gasteiger partial charge in [-0.05, 0) is 24.3 Å². The lowest BCUT2D eigenvalue weighted by Gasteiger charge is -2.11. The van der Waals surface area contributed by atoms with Crippen molar-refractivity contribution in [1.29, 1.82) is 0 Å². The number of methoxy groups -OCH3 is 1. The molecule has 0 fully saturated rings. The lowest BCUT2D eigenvalue weighted by atomic mass is 10.1. The number of nitrogens with zero attached hydrogens (tertiary/aromatic N) is 3. The van der Waals surface area contributed by atoms with Crippen LogP contribution in [0.5, 0.6) is 5.75 Å². The Hall–Kier alpha value is -2.73. The molecule has 0 aliphatic carbocycles. The number of hydrogen-bond acceptors (Lipinski definition) is 4. The van der Waals surface area contributed by atoms with Gasteiger partial charge in [-0.25, -0.2) is 9.07 Å². The molecular formula is C16H14FN3O2. The molecule has 3 rings (SSSR count). The molecule has 0 saturated carbocycles. The zero-order valence-electron chi connectivity index (χ0n) is 11.9. The van der Waals surface area contributed by atoms with Gasteiger partial charge in [-0.3, -0.25) is 0 Å². The molecule has 0 aliphatic heterocycles. The maximum Gasteiger partial charge on any atom is 0.144 e. The first-order valence-corrected chi connectivity index (χ1v) is 6.69. The summed E-state index contributed by atoms with van der Waals surface area (Å²) in [5.74, 6) is 0.240. The summed E-state index contributed by atoms with van der Waals surface area (Å²) in [5.41, 5.74) is 2.15. The Morgan fingerprint density at radius 3 is 2.73 bits per heavy atom. The summed E-state index contributed by atoms with van der Waals surface area (Å²) < 4.78 is 20.4. The minimum atomic E-state index is -0.367. The fourth-order valence-corrected chi connectivity index (χ4v) is 2.32. The zero-order valence-corrected chi connectivity index (χ0v) is 11.9. The molecule has 0 amide bonds. The highest BCUT2D eigenvalue weighted by Crippen LogP contribution is 2.29. The summed E-state index contributed by atoms with van der Waals surface area (Å²) in [6.45, 7) is -0.291. The van der Waals surface area contributed by atoms with Crippen LogP contribution in [0.25, 0.3) is 16.9 Å². The number of ether oxygens (including phenoxy) is 1. The molecule has 2 aromatic carbocycles. The van der Waals surface area contributed by atoms with Gasteiger partial charge in [0.15, 0.2) is 0 Å². The number of aliphatic hydroxyl groups excluding tert-OH is 1. The topological polar surface area (TPSA) is 60.2 Å². The Kier molecular flexibility index (Phi) is 3.84. The molecule has 0 aliphatic rings. The number of para-hydroxylation sites is 2. The molecule has 0 spiro atoms. The van der Waals surface area contributed by atoms with Gasteiger partial charge in [0, 0.05) is 5.56 Å². The highest BCUT2D eigenvalue weighted by Gasteiger charge is 2.18. The molecule has 0 saturated heterocycles. The van der Waals surface area contributed by atoms with E-state index < -0.39 is 0 Å². The van der Waals surface area contributed by atoms with E-state index in [0.717, 1.165) is 0 Å². The van der Waals surface area contributed by atoms with Crippen LogP contribution in [0.1, 0.15) is 5.69 Å². The third-order valence-electron chi connectivity index (χ3n) is 3.30. The van der Waals surface area contributed by atoms with E-state index in [1.807, 2.05) is 18.2 Å². The van der Waals surface area contributed by atoms with Crippen LogP contribution in [0, 0.1) is 5.82 Å². The van der Waals surface area contributed by atoms with E-state index in [0.29, 0.717) is 28.4 Å². The van der Waals surface area contributed by atoms with Gasteiger partial charge in [0.2, 0.25) is 0 Å². The second-order valence-electron chi connectivity index (χ2n) is 4.64. The summed E-state index contributed by atoms with van der Waals surface area (Å²) in [6, 6.07) is 13.4. The van der Waals surface area contributed by atoms with Gasteiger partial charge in [-0.1, -0.05) is 29.5 Å². The van der Waals surface area contributed by atoms with Gasteiger partial charge >= 0.3 is 0 Å². The minimum Gasteiger partial charge on any atom is -0.494 e. The van der Waals surface area contributed by atoms with Crippen molar-refractivity contribution in [3.05, 3.63) is 60.0 Å². The third-order valence-corrected chi connectivity index (χ3v) is 3.30. The zero-order chi connectivity index (χ0) is 15.5. The molecular weight excluding hydrogens is 285 g/mol. The van der Waals surface area contributed by atoms with E-state index in [-0.39, 0.29) is 12.4 Å². The molecule has 6 heteroatoms. The molecule has 5 nitrogen and oxygen atoms in total. The largest absolute Gasteiger partial charge is 0.494 e. The molecule has 0 atom stereocenters. The fourth-order valence-electron chi connectivity index (χ4n) is 2.32. The average molecular weight is 299 g/mol. The first kappa shape index (κ1) is 14.2. The number of aromatic nitrogens is 3. The Morgan fingerprint density at radius 2 is 2.00 bits per heavy atom. The summed E-state index contributed by atoms with van der Waals surface area (Å²) in [5, 5.41) is 17.5. The quantitative estimate of drug-likeness (QED) is 0.804. The first-order valence-electron chi connectivity index (χ1n) is 6.69. The van der Waals surface area contributed by atoms with Crippen molar-refractivity contribution in [3.8, 4) is 22.7 Å². The van der Waals surface area contributed by atoms with Crippen LogP contribution in [-0.4, -0.2) is 27.2 Å². The Morgan fingerprint density at radius 1 is 1.18 bits per heavy atom. The van der Waals surface area contributed by atoms with Crippen molar-refractivity contribution in [2.45, 2.75) is 6.61 Å². The highest BCUT2D eigenvalue weighted by molar-refractivity contribution is 5.65. The Bertz CT molecular complexity index is 802. The van der Waals surface area contributed by atoms with Crippen molar-refractivity contribution >= 4 is 0 Å². The summed E-state index contributed by atoms with van der Waals surface area (Å²) >= 11 is 0. The van der Waals surface area contributed by atoms with Crippen LogP contribution < -0.4 is 4.74 Å². The van der Waals surface area contributed by atoms with Crippen LogP contribution in [0.15, 0.2) is 48.5 Å². The molecule has 1 heterocycles. The molecule has 112 valence electrons. The molecule has 3 aromatic rings. The van der Waals surface area contributed by atoms with Crippen molar-refractivity contribution in [3.63, 3.8) is 0 Å². The third kappa shape index (κ3) is 2.44. The summed E-state index contributed by atoms with van der Waals surface area (Å²) in [7, 11) is 1.56. The van der Waals surface area contributed by atoms with Crippen LogP contribution >= 0.6 is 0 Å². The Labute approximate surface area is 126 Å². The highest BCUT2D eigenvalue weighted by atomic mass is 19.1. The van der Waals surface area contributed by atoms with E-state index in [1.165, 1.54) is 12.1 Å². The summed E-state index contributed by atoms with van der Waals surface area (Å²) in [4.78, 5) is 0. The van der Waals surface area contributed by atoms with Gasteiger partial charge in [0.05, 0.1) is 13.7 Å². The molecule has 1 N–H and O–H groups in total. The molecule has 0 unspecified atom stereocenters. The maximum absolute atomic E-state index is 13.5. The van der Waals surface area contributed by atoms with Crippen LogP contribution in [0.4, 0.5) is 4.39 Å². The predicted molar refractivity (Wildman–Crippen MR) is 79.2 cm³/mol. The van der Waals surface area contributed by atoms with E-state index in [2.05, 4.69) is 10.3 Å². The van der Waals surface area contributed by atoms with Crippen molar-refractivity contribution < 1.29 is 14.2 Å². The van der Waals surface area contributed by atoms with Gasteiger partial charge in [-0.2, -0.15) is 0 Å². The lowest BCUT2D eigenvalue weighted by molar-refractivity contribution is 0.277. The smallest absolute Gasteiger partial charge is 0.144 e. The van der Waals surface area contributed by atoms with E-state index in [9.17, 15) is 9.50 Å². The molecule has 0 radical (unpaired) electrons. The van der Waals surface area contributed by atoms with Crippen LogP contribution in [-0.2, 0) is 6.61 Å². The van der Waals surface area contributed by atoms with E-state index >= 15 is 0 Å². The van der Waals surface area contributed by atoms with Crippen molar-refractivity contribution in [1.82, 2.24) is 15.0 Å². The molecule has 22 heavy (non-hydrogen) atoms. The standard InChI is InChI=1S/C16H14FN3O2/c1-22-15-8-3-2-7-14(15)20-16(13(10-21)18-19-20)11-5-4-6-12(17)9-11/h2-9,21H,10H2,1H3. The van der Waals surface area contributed by atoms with Crippen molar-refractivity contribution in [2.75, 3.05) is 7.11 Å². The normalized spacial score (nSPS) is 10.7. The molecule has 1 aromatic heterocycles. The second kappa shape index (κ2) is 5.95. The van der Waals surface area contributed by atoms with Crippen LogP contribution in [0.3, 0.4) is 0 Å². The number of benzene rings is 2. The number of hydrogen-bond donors (Lipinski definition) is 1. The van der Waals surface area contributed by atoms with Gasteiger partial charge in [0.25, 0.3) is 0 Å². The lowest BCUT2D eigenvalue weighted by Crippen LogP contribution is -2.03. The summed E-state index contributed by atoms with van der Waals surface area (Å²) in [6.07, 6.45) is 0. The fraction of sp³-hybridized carbons (Fsp3) is 0.125. The first-order chi connectivity index (χ1) is 10.7. The van der Waals surface area contributed by atoms with Crippen LogP contribution in [0.2, 0.25) is 0 Å². The van der Waals surface area contributed by atoms with Crippen molar-refractivity contribution in [2.24, 2.45) is 0 Å². The minimum absolute atomic E-state index is 0.291. The van der Waals surface area contributed by atoms with Gasteiger partial charge in [0.1, 0.15) is 28.6 Å². The molecule has 0 bridgehead atoms. The monoisotopic (exact) mass is 299 g/mol. The predicted octanol–water partition coefficient (Wildman–Crippen LogP) is 2.57. The Balaban J connectivity index is 2.24. The number of aliphatic hydroxyl groups is 1. The average Bonchev–Trinajstić information content (AvgIpc) is 2.98. The number of halogens is 1. The van der Waals surface area contributed by atoms with Gasteiger partial charge < -0.3 is 9.84 Å².